The highest BCUT2D eigenvalue weighted by Gasteiger charge is 2.75. The molecule has 5 fully saturated rings. The largest absolute Gasteiger partial charge is 0.481 e. The molecule has 0 saturated heterocycles. The summed E-state index contributed by atoms with van der Waals surface area (Å²) in [5.41, 5.74) is -1.12. The molecule has 54 heavy (non-hydrogen) atoms. The minimum atomic E-state index is -1.17. The van der Waals surface area contributed by atoms with Crippen LogP contribution in [0.4, 0.5) is 0 Å². The van der Waals surface area contributed by atoms with Gasteiger partial charge in [-0.1, -0.05) is 67.5 Å². The van der Waals surface area contributed by atoms with Crippen molar-refractivity contribution in [1.29, 1.82) is 0 Å². The van der Waals surface area contributed by atoms with Crippen LogP contribution in [0.25, 0.3) is 0 Å². The summed E-state index contributed by atoms with van der Waals surface area (Å²) in [4.78, 5) is 57.0. The molecule has 6 rings (SSSR count). The Kier molecular flexibility index (Phi) is 10.2. The Hall–Kier alpha value is -3.03. The van der Waals surface area contributed by atoms with E-state index in [-0.39, 0.29) is 68.8 Å². The molecule has 5 aliphatic rings. The SMILES string of the molecule is CC(NC(=O)C=CC12CCC3(C)C(CCC4C5(C)CCC(OC(=O)CC(C)(C)C(=O)O)C(C)(C)C5CCC43C)C1(C)C(C(C)C)C(=O)C2)c1ccccn1. The lowest BCUT2D eigenvalue weighted by Crippen LogP contribution is -2.68. The van der Waals surface area contributed by atoms with Crippen molar-refractivity contribution in [1.82, 2.24) is 10.3 Å². The van der Waals surface area contributed by atoms with Gasteiger partial charge < -0.3 is 15.2 Å². The third-order valence-electron chi connectivity index (χ3n) is 17.3. The Morgan fingerprint density at radius 1 is 0.926 bits per heavy atom. The monoisotopic (exact) mass is 745 g/mol. The van der Waals surface area contributed by atoms with Crippen LogP contribution in [-0.4, -0.2) is 39.8 Å². The molecule has 11 unspecified atom stereocenters. The molecule has 5 saturated carbocycles. The van der Waals surface area contributed by atoms with Gasteiger partial charge in [-0.2, -0.15) is 0 Å². The van der Waals surface area contributed by atoms with E-state index in [2.05, 4.69) is 71.8 Å². The van der Waals surface area contributed by atoms with Gasteiger partial charge in [0.1, 0.15) is 11.9 Å². The number of Topliss-reactive ketones (excluding diaryl/α,β-unsaturated/α-hetero) is 1. The van der Waals surface area contributed by atoms with E-state index in [0.717, 1.165) is 57.1 Å². The maximum Gasteiger partial charge on any atom is 0.309 e. The summed E-state index contributed by atoms with van der Waals surface area (Å²) in [7, 11) is 0. The van der Waals surface area contributed by atoms with Gasteiger partial charge in [0.2, 0.25) is 5.91 Å². The van der Waals surface area contributed by atoms with E-state index in [9.17, 15) is 24.3 Å². The maximum atomic E-state index is 14.3. The maximum absolute atomic E-state index is 14.3. The van der Waals surface area contributed by atoms with Crippen molar-refractivity contribution in [2.45, 2.75) is 153 Å². The van der Waals surface area contributed by atoms with Crippen LogP contribution in [0.2, 0.25) is 0 Å². The van der Waals surface area contributed by atoms with Gasteiger partial charge in [-0.15, -0.1) is 0 Å². The predicted molar refractivity (Wildman–Crippen MR) is 210 cm³/mol. The summed E-state index contributed by atoms with van der Waals surface area (Å²) in [5, 5.41) is 12.7. The van der Waals surface area contributed by atoms with Gasteiger partial charge in [0.15, 0.2) is 0 Å². The number of pyridine rings is 1. The van der Waals surface area contributed by atoms with Crippen molar-refractivity contribution in [3.63, 3.8) is 0 Å². The summed E-state index contributed by atoms with van der Waals surface area (Å²) in [5.74, 6) is 0.135. The average molecular weight is 745 g/mol. The number of carbonyl (C=O) groups excluding carboxylic acids is 3. The first kappa shape index (κ1) is 40.6. The second kappa shape index (κ2) is 13.6. The van der Waals surface area contributed by atoms with Gasteiger partial charge in [0.05, 0.1) is 23.6 Å². The number of esters is 1. The zero-order valence-corrected chi connectivity index (χ0v) is 35.0. The number of ketones is 1. The van der Waals surface area contributed by atoms with E-state index in [4.69, 9.17) is 4.74 Å². The lowest BCUT2D eigenvalue weighted by molar-refractivity contribution is -0.263. The van der Waals surface area contributed by atoms with Crippen LogP contribution in [0.1, 0.15) is 152 Å². The first-order valence-electron chi connectivity index (χ1n) is 20.9. The molecule has 0 aromatic carbocycles. The number of rotatable bonds is 9. The Morgan fingerprint density at radius 2 is 1.59 bits per heavy atom. The van der Waals surface area contributed by atoms with Crippen LogP contribution in [0, 0.1) is 67.5 Å². The zero-order chi connectivity index (χ0) is 39.9. The molecule has 1 heterocycles. The van der Waals surface area contributed by atoms with Gasteiger partial charge >= 0.3 is 11.9 Å². The van der Waals surface area contributed by atoms with Crippen LogP contribution < -0.4 is 5.32 Å². The predicted octanol–water partition coefficient (Wildman–Crippen LogP) is 9.53. The first-order chi connectivity index (χ1) is 25.0. The van der Waals surface area contributed by atoms with Gasteiger partial charge in [0, 0.05) is 29.4 Å². The summed E-state index contributed by atoms with van der Waals surface area (Å²) < 4.78 is 6.18. The topological polar surface area (TPSA) is 123 Å². The van der Waals surface area contributed by atoms with E-state index in [1.54, 1.807) is 26.1 Å². The van der Waals surface area contributed by atoms with Crippen molar-refractivity contribution >= 4 is 23.6 Å². The van der Waals surface area contributed by atoms with Gasteiger partial charge in [0.25, 0.3) is 0 Å². The molecular weight excluding hydrogens is 677 g/mol. The molecular formula is C46H68N2O6. The highest BCUT2D eigenvalue weighted by Crippen LogP contribution is 2.80. The number of hydrogen-bond donors (Lipinski definition) is 2. The molecule has 0 aliphatic heterocycles. The normalized spacial score (nSPS) is 40.6. The average Bonchev–Trinajstić information content (AvgIpc) is 3.31. The molecule has 2 N–H and O–H groups in total. The van der Waals surface area contributed by atoms with Crippen LogP contribution in [0.5, 0.6) is 0 Å². The summed E-state index contributed by atoms with van der Waals surface area (Å²) in [6.07, 6.45) is 13.7. The minimum Gasteiger partial charge on any atom is -0.481 e. The van der Waals surface area contributed by atoms with Crippen molar-refractivity contribution in [3.8, 4) is 0 Å². The molecule has 1 amide bonds. The third kappa shape index (κ3) is 6.01. The smallest absolute Gasteiger partial charge is 0.309 e. The number of amides is 1. The standard InChI is InChI=1S/C46H68N2O6/c1-28(2)38-31(49)26-46(22-19-36(50)48-29(3)30-14-12-13-25-47-30)24-23-44(10)34(45(38,46)11)16-15-33-42(8)20-18-35(54-37(51)27-40(4,5)39(52)53)41(6,7)32(42)17-21-43(33,44)9/h12-14,19,22,25,28-29,32-35,38H,15-18,20-21,23-24,26-27H2,1-11H3,(H,48,50)(H,52,53). The number of aliphatic carboxylic acids is 1. The first-order valence-corrected chi connectivity index (χ1v) is 20.9. The number of allylic oxidation sites excluding steroid dienone is 1. The van der Waals surface area contributed by atoms with Crippen LogP contribution in [0.15, 0.2) is 36.5 Å². The second-order valence-corrected chi connectivity index (χ2v) is 20.9. The summed E-state index contributed by atoms with van der Waals surface area (Å²) in [6.45, 7) is 24.2. The minimum absolute atomic E-state index is 0.0133. The molecule has 298 valence electrons. The number of hydrogen-bond acceptors (Lipinski definition) is 6. The Morgan fingerprint density at radius 3 is 2.22 bits per heavy atom. The van der Waals surface area contributed by atoms with Gasteiger partial charge in [-0.05, 0) is 136 Å². The molecule has 11 atom stereocenters. The fourth-order valence-corrected chi connectivity index (χ4v) is 14.4. The number of nitrogens with one attached hydrogen (secondary N) is 1. The van der Waals surface area contributed by atoms with E-state index >= 15 is 0 Å². The molecule has 5 aliphatic carbocycles. The van der Waals surface area contributed by atoms with Crippen molar-refractivity contribution in [2.75, 3.05) is 0 Å². The van der Waals surface area contributed by atoms with Crippen LogP contribution in [0.3, 0.4) is 0 Å². The molecule has 1 aromatic heterocycles. The van der Waals surface area contributed by atoms with Crippen LogP contribution in [-0.2, 0) is 23.9 Å². The highest BCUT2D eigenvalue weighted by molar-refractivity contribution is 5.90. The number of carboxylic acid groups (broad SMARTS) is 1. The fourth-order valence-electron chi connectivity index (χ4n) is 14.4. The molecule has 8 heteroatoms. The van der Waals surface area contributed by atoms with Crippen molar-refractivity contribution < 1.29 is 29.0 Å². The summed E-state index contributed by atoms with van der Waals surface area (Å²) >= 11 is 0. The van der Waals surface area contributed by atoms with Crippen molar-refractivity contribution in [2.24, 2.45) is 67.5 Å². The third-order valence-corrected chi connectivity index (χ3v) is 17.3. The summed E-state index contributed by atoms with van der Waals surface area (Å²) in [6, 6.07) is 5.50. The quantitative estimate of drug-likeness (QED) is 0.191. The second-order valence-electron chi connectivity index (χ2n) is 20.9. The van der Waals surface area contributed by atoms with E-state index in [1.807, 2.05) is 25.1 Å². The highest BCUT2D eigenvalue weighted by atomic mass is 16.5. The molecule has 0 spiro atoms. The number of fused-ring (bicyclic) bond motifs is 7. The zero-order valence-electron chi connectivity index (χ0n) is 35.0. The number of aromatic nitrogens is 1. The Labute approximate surface area is 324 Å². The number of carbonyl (C=O) groups is 4. The Balaban J connectivity index is 1.28. The lowest BCUT2D eigenvalue weighted by atomic mass is 9.30. The molecule has 8 nitrogen and oxygen atoms in total. The van der Waals surface area contributed by atoms with E-state index in [0.29, 0.717) is 30.0 Å². The number of ether oxygens (including phenoxy) is 1. The fraction of sp³-hybridized carbons (Fsp3) is 0.761. The molecule has 0 bridgehead atoms. The van der Waals surface area contributed by atoms with E-state index in [1.165, 1.54) is 0 Å². The lowest BCUT2D eigenvalue weighted by Gasteiger charge is -2.74. The van der Waals surface area contributed by atoms with Crippen LogP contribution >= 0.6 is 0 Å². The number of carboxylic acids is 1. The number of nitrogens with zero attached hydrogens (tertiary/aromatic N) is 1. The van der Waals surface area contributed by atoms with E-state index < -0.39 is 17.4 Å². The Bertz CT molecular complexity index is 1680. The van der Waals surface area contributed by atoms with Crippen molar-refractivity contribution in [3.05, 3.63) is 42.2 Å². The van der Waals surface area contributed by atoms with Gasteiger partial charge in [-0.3, -0.25) is 24.2 Å². The molecule has 0 radical (unpaired) electrons. The molecule has 1 aromatic rings. The van der Waals surface area contributed by atoms with Gasteiger partial charge in [-0.25, -0.2) is 0 Å².